The lowest BCUT2D eigenvalue weighted by Crippen LogP contribution is -2.56. The minimum absolute atomic E-state index is 0.0866. The van der Waals surface area contributed by atoms with E-state index in [2.05, 4.69) is 11.8 Å². The molecule has 6 nitrogen and oxygen atoms in total. The molecule has 1 fully saturated rings. The number of morpholine rings is 1. The van der Waals surface area contributed by atoms with Gasteiger partial charge in [-0.15, -0.1) is 0 Å². The minimum atomic E-state index is -0.800. The van der Waals surface area contributed by atoms with Gasteiger partial charge in [0.2, 0.25) is 5.91 Å². The van der Waals surface area contributed by atoms with Gasteiger partial charge >= 0.3 is 0 Å². The molecule has 28 heavy (non-hydrogen) atoms. The van der Waals surface area contributed by atoms with Crippen LogP contribution in [-0.4, -0.2) is 42.7 Å². The van der Waals surface area contributed by atoms with Gasteiger partial charge < -0.3 is 19.6 Å². The minimum Gasteiger partial charge on any atom is -0.490 e. The molecule has 2 heterocycles. The molecule has 0 spiro atoms. The topological polar surface area (TPSA) is 77.9 Å². The molecule has 1 aliphatic heterocycles. The van der Waals surface area contributed by atoms with Crippen molar-refractivity contribution < 1.29 is 18.7 Å². The normalized spacial score (nSPS) is 20.2. The monoisotopic (exact) mass is 406 g/mol. The van der Waals surface area contributed by atoms with Crippen molar-refractivity contribution in [2.75, 3.05) is 26.3 Å². The van der Waals surface area contributed by atoms with Gasteiger partial charge in [0.05, 0.1) is 19.6 Å². The number of amides is 1. The van der Waals surface area contributed by atoms with E-state index in [0.29, 0.717) is 30.5 Å². The second-order valence-electron chi connectivity index (χ2n) is 7.25. The van der Waals surface area contributed by atoms with Crippen LogP contribution in [0.2, 0.25) is 5.02 Å². The molecule has 0 aliphatic carbocycles. The predicted octanol–water partition coefficient (Wildman–Crippen LogP) is 3.41. The Morgan fingerprint density at radius 1 is 1.32 bits per heavy atom. The van der Waals surface area contributed by atoms with Crippen molar-refractivity contribution in [3.05, 3.63) is 52.9 Å². The van der Waals surface area contributed by atoms with Gasteiger partial charge in [-0.3, -0.25) is 9.69 Å². The summed E-state index contributed by atoms with van der Waals surface area (Å²) in [6.45, 7) is 4.77. The zero-order chi connectivity index (χ0) is 20.0. The van der Waals surface area contributed by atoms with Gasteiger partial charge in [-0.25, -0.2) is 0 Å². The van der Waals surface area contributed by atoms with Gasteiger partial charge in [-0.05, 0) is 36.8 Å². The molecule has 1 aliphatic rings. The molecular weight excluding hydrogens is 380 g/mol. The lowest BCUT2D eigenvalue weighted by Gasteiger charge is -2.41. The highest BCUT2D eigenvalue weighted by Crippen LogP contribution is 2.26. The smallest absolute Gasteiger partial charge is 0.220 e. The number of ether oxygens (including phenoxy) is 2. The summed E-state index contributed by atoms with van der Waals surface area (Å²) in [7, 11) is 0. The first-order valence-electron chi connectivity index (χ1n) is 9.58. The number of rotatable bonds is 9. The van der Waals surface area contributed by atoms with Crippen molar-refractivity contribution in [3.63, 3.8) is 0 Å². The van der Waals surface area contributed by atoms with E-state index < -0.39 is 11.5 Å². The number of hydrogen-bond donors (Lipinski definition) is 1. The molecule has 2 aromatic rings. The number of nitrogens with zero attached hydrogens (tertiary/aromatic N) is 1. The second kappa shape index (κ2) is 9.45. The summed E-state index contributed by atoms with van der Waals surface area (Å²) < 4.78 is 17.8. The lowest BCUT2D eigenvalue weighted by molar-refractivity contribution is -0.148. The summed E-state index contributed by atoms with van der Waals surface area (Å²) in [5, 5.41) is 0.591. The van der Waals surface area contributed by atoms with Gasteiger partial charge in [0, 0.05) is 24.5 Å². The third-order valence-corrected chi connectivity index (χ3v) is 4.95. The van der Waals surface area contributed by atoms with Gasteiger partial charge in [-0.1, -0.05) is 24.6 Å². The molecule has 0 saturated carbocycles. The highest BCUT2D eigenvalue weighted by molar-refractivity contribution is 6.30. The number of aryl methyl sites for hydroxylation is 1. The Labute approximate surface area is 170 Å². The van der Waals surface area contributed by atoms with Crippen LogP contribution >= 0.6 is 11.6 Å². The van der Waals surface area contributed by atoms with Crippen molar-refractivity contribution in [2.24, 2.45) is 5.73 Å². The predicted molar refractivity (Wildman–Crippen MR) is 107 cm³/mol. The number of nitrogens with two attached hydrogens (primary N) is 1. The summed E-state index contributed by atoms with van der Waals surface area (Å²) in [4.78, 5) is 13.9. The number of furan rings is 1. The number of halogens is 1. The third kappa shape index (κ3) is 5.74. The molecule has 1 amide bonds. The quantitative estimate of drug-likeness (QED) is 0.690. The first-order chi connectivity index (χ1) is 13.5. The van der Waals surface area contributed by atoms with Crippen LogP contribution < -0.4 is 10.5 Å². The molecule has 7 heteroatoms. The maximum atomic E-state index is 11.7. The van der Waals surface area contributed by atoms with E-state index >= 15 is 0 Å². The fraction of sp³-hybridized carbons (Fsp3) is 0.476. The Bertz CT molecular complexity index is 794. The Balaban J connectivity index is 1.67. The number of carbonyl (C=O) groups excluding carboxylic acids is 1. The van der Waals surface area contributed by atoms with E-state index in [9.17, 15) is 4.79 Å². The number of primary amides is 1. The molecule has 0 unspecified atom stereocenters. The fourth-order valence-electron chi connectivity index (χ4n) is 3.50. The molecular formula is C21H27ClN2O4. The molecule has 1 aromatic heterocycles. The SMILES string of the molecule is CCCc1ccc(CN2CCO[C@](COc3cccc(Cl)c3)(CC(N)=O)C2)o1. The third-order valence-electron chi connectivity index (χ3n) is 4.72. The first kappa shape index (κ1) is 20.7. The Kier molecular flexibility index (Phi) is 6.99. The molecule has 0 radical (unpaired) electrons. The average Bonchev–Trinajstić information content (AvgIpc) is 3.07. The van der Waals surface area contributed by atoms with E-state index in [-0.39, 0.29) is 13.0 Å². The van der Waals surface area contributed by atoms with E-state index in [1.54, 1.807) is 12.1 Å². The molecule has 1 atom stereocenters. The van der Waals surface area contributed by atoms with E-state index in [0.717, 1.165) is 30.9 Å². The summed E-state index contributed by atoms with van der Waals surface area (Å²) in [6.07, 6.45) is 2.07. The average molecular weight is 407 g/mol. The van der Waals surface area contributed by atoms with Crippen molar-refractivity contribution in [2.45, 2.75) is 38.3 Å². The van der Waals surface area contributed by atoms with Crippen LogP contribution in [0.1, 0.15) is 31.3 Å². The molecule has 3 rings (SSSR count). The van der Waals surface area contributed by atoms with Gasteiger partial charge in [0.15, 0.2) is 0 Å². The molecule has 152 valence electrons. The number of carbonyl (C=O) groups is 1. The zero-order valence-corrected chi connectivity index (χ0v) is 16.9. The maximum Gasteiger partial charge on any atom is 0.220 e. The standard InChI is InChI=1S/C21H27ClN2O4/c1-2-4-17-7-8-19(28-17)13-24-9-10-27-21(14-24,12-20(23)25)15-26-18-6-3-5-16(22)11-18/h3,5-8,11H,2,4,9-10,12-15H2,1H3,(H2,23,25)/t21-/m1/s1. The van der Waals surface area contributed by atoms with Gasteiger partial charge in [-0.2, -0.15) is 0 Å². The second-order valence-corrected chi connectivity index (χ2v) is 7.69. The van der Waals surface area contributed by atoms with Crippen LogP contribution in [0.25, 0.3) is 0 Å². The fourth-order valence-corrected chi connectivity index (χ4v) is 3.68. The van der Waals surface area contributed by atoms with Crippen molar-refractivity contribution in [3.8, 4) is 5.75 Å². The van der Waals surface area contributed by atoms with Crippen LogP contribution in [0.4, 0.5) is 0 Å². The van der Waals surface area contributed by atoms with Crippen LogP contribution in [0, 0.1) is 0 Å². The van der Waals surface area contributed by atoms with Gasteiger partial charge in [0.1, 0.15) is 29.5 Å². The van der Waals surface area contributed by atoms with Crippen LogP contribution in [0.5, 0.6) is 5.75 Å². The molecule has 2 N–H and O–H groups in total. The summed E-state index contributed by atoms with van der Waals surface area (Å²) in [5.41, 5.74) is 4.70. The zero-order valence-electron chi connectivity index (χ0n) is 16.2. The van der Waals surface area contributed by atoms with Crippen molar-refractivity contribution in [1.29, 1.82) is 0 Å². The number of benzene rings is 1. The molecule has 1 saturated heterocycles. The Morgan fingerprint density at radius 3 is 2.89 bits per heavy atom. The van der Waals surface area contributed by atoms with Crippen LogP contribution in [0.3, 0.4) is 0 Å². The van der Waals surface area contributed by atoms with E-state index in [1.165, 1.54) is 0 Å². The molecule has 0 bridgehead atoms. The summed E-state index contributed by atoms with van der Waals surface area (Å²) in [5.74, 6) is 2.12. The van der Waals surface area contributed by atoms with Crippen molar-refractivity contribution >= 4 is 17.5 Å². The highest BCUT2D eigenvalue weighted by atomic mass is 35.5. The highest BCUT2D eigenvalue weighted by Gasteiger charge is 2.39. The van der Waals surface area contributed by atoms with Gasteiger partial charge in [0.25, 0.3) is 0 Å². The van der Waals surface area contributed by atoms with E-state index in [1.807, 2.05) is 24.3 Å². The Hall–Kier alpha value is -2.02. The van der Waals surface area contributed by atoms with E-state index in [4.69, 9.17) is 31.2 Å². The first-order valence-corrected chi connectivity index (χ1v) is 9.96. The number of hydrogen-bond acceptors (Lipinski definition) is 5. The van der Waals surface area contributed by atoms with Crippen LogP contribution in [0.15, 0.2) is 40.8 Å². The Morgan fingerprint density at radius 2 is 2.14 bits per heavy atom. The largest absolute Gasteiger partial charge is 0.490 e. The maximum absolute atomic E-state index is 11.7. The summed E-state index contributed by atoms with van der Waals surface area (Å²) >= 11 is 6.02. The van der Waals surface area contributed by atoms with Crippen molar-refractivity contribution in [1.82, 2.24) is 4.90 Å². The summed E-state index contributed by atoms with van der Waals surface area (Å²) in [6, 6.07) is 11.2. The lowest BCUT2D eigenvalue weighted by atomic mass is 9.97. The van der Waals surface area contributed by atoms with Crippen LogP contribution in [-0.2, 0) is 22.5 Å². The molecule has 1 aromatic carbocycles.